The molecule has 4 N–H and O–H groups in total. The van der Waals surface area contributed by atoms with E-state index in [9.17, 15) is 4.79 Å². The molecule has 3 rings (SSSR count). The molecule has 0 spiro atoms. The van der Waals surface area contributed by atoms with Crippen LogP contribution in [0, 0.1) is 0 Å². The summed E-state index contributed by atoms with van der Waals surface area (Å²) in [5, 5.41) is 11.7. The standard InChI is InChI=1S/C16H20N4O2S/c17-15(4-2-6-21)19-16(22)12-7-13(11-3-1-5-18-8-11)20-10-23-9-14(12)20/h1,3,5,7-8,15,21H,2,4,6,9-10,17H2,(H,19,22). The average molecular weight is 332 g/mol. The number of carbonyl (C=O) groups excluding carboxylic acids is 1. The first-order valence-corrected chi connectivity index (χ1v) is 8.74. The third kappa shape index (κ3) is 3.41. The number of aromatic nitrogens is 2. The molecule has 0 aliphatic carbocycles. The van der Waals surface area contributed by atoms with E-state index in [1.807, 2.05) is 18.2 Å². The summed E-state index contributed by atoms with van der Waals surface area (Å²) in [7, 11) is 0. The van der Waals surface area contributed by atoms with Crippen LogP contribution in [-0.2, 0) is 11.6 Å². The molecule has 1 aliphatic heterocycles. The van der Waals surface area contributed by atoms with E-state index in [1.54, 1.807) is 24.2 Å². The Hall–Kier alpha value is -1.83. The van der Waals surface area contributed by atoms with Crippen LogP contribution in [0.15, 0.2) is 30.6 Å². The lowest BCUT2D eigenvalue weighted by Crippen LogP contribution is -2.41. The summed E-state index contributed by atoms with van der Waals surface area (Å²) in [4.78, 5) is 16.7. The number of amides is 1. The molecule has 1 unspecified atom stereocenters. The van der Waals surface area contributed by atoms with Gasteiger partial charge in [-0.05, 0) is 31.0 Å². The Bertz CT molecular complexity index is 687. The summed E-state index contributed by atoms with van der Waals surface area (Å²) >= 11 is 1.78. The molecule has 0 bridgehead atoms. The van der Waals surface area contributed by atoms with Gasteiger partial charge in [-0.15, -0.1) is 11.8 Å². The van der Waals surface area contributed by atoms with E-state index in [2.05, 4.69) is 14.9 Å². The number of carbonyl (C=O) groups is 1. The third-order valence-corrected chi connectivity index (χ3v) is 4.78. The summed E-state index contributed by atoms with van der Waals surface area (Å²) < 4.78 is 2.16. The van der Waals surface area contributed by atoms with Crippen molar-refractivity contribution in [1.82, 2.24) is 14.9 Å². The van der Waals surface area contributed by atoms with Crippen molar-refractivity contribution in [1.29, 1.82) is 0 Å². The van der Waals surface area contributed by atoms with E-state index in [4.69, 9.17) is 10.8 Å². The van der Waals surface area contributed by atoms with Crippen LogP contribution in [0.25, 0.3) is 11.3 Å². The summed E-state index contributed by atoms with van der Waals surface area (Å²) in [6, 6.07) is 5.80. The lowest BCUT2D eigenvalue weighted by molar-refractivity contribution is 0.0933. The Labute approximate surface area is 139 Å². The van der Waals surface area contributed by atoms with Crippen LogP contribution in [0.3, 0.4) is 0 Å². The molecule has 0 radical (unpaired) electrons. The fourth-order valence-corrected chi connectivity index (χ4v) is 3.78. The lowest BCUT2D eigenvalue weighted by Gasteiger charge is -2.13. The first-order valence-electron chi connectivity index (χ1n) is 7.58. The van der Waals surface area contributed by atoms with E-state index >= 15 is 0 Å². The molecule has 2 aromatic rings. The number of fused-ring (bicyclic) bond motifs is 1. The van der Waals surface area contributed by atoms with Crippen molar-refractivity contribution >= 4 is 17.7 Å². The maximum Gasteiger partial charge on any atom is 0.254 e. The van der Waals surface area contributed by atoms with Gasteiger partial charge in [0.2, 0.25) is 0 Å². The summed E-state index contributed by atoms with van der Waals surface area (Å²) in [6.45, 7) is 0.0764. The Balaban J connectivity index is 1.85. The van der Waals surface area contributed by atoms with Gasteiger partial charge in [-0.2, -0.15) is 0 Å². The molecule has 1 atom stereocenters. The molecule has 2 aromatic heterocycles. The molecule has 1 aliphatic rings. The second-order valence-corrected chi connectivity index (χ2v) is 6.44. The van der Waals surface area contributed by atoms with Gasteiger partial charge in [0.05, 0.1) is 23.3 Å². The highest BCUT2D eigenvalue weighted by Gasteiger charge is 2.25. The smallest absolute Gasteiger partial charge is 0.254 e. The minimum atomic E-state index is -0.443. The third-order valence-electron chi connectivity index (χ3n) is 3.86. The minimum absolute atomic E-state index is 0.0764. The Morgan fingerprint density at radius 2 is 2.43 bits per heavy atom. The highest BCUT2D eigenvalue weighted by atomic mass is 32.2. The predicted molar refractivity (Wildman–Crippen MR) is 90.7 cm³/mol. The number of hydrogen-bond donors (Lipinski definition) is 3. The highest BCUT2D eigenvalue weighted by Crippen LogP contribution is 2.34. The van der Waals surface area contributed by atoms with Crippen molar-refractivity contribution in [3.63, 3.8) is 0 Å². The number of nitrogens with two attached hydrogens (primary N) is 1. The molecule has 0 saturated heterocycles. The maximum atomic E-state index is 12.5. The Kier molecular flexibility index (Phi) is 5.00. The number of aliphatic hydroxyl groups excluding tert-OH is 1. The largest absolute Gasteiger partial charge is 0.396 e. The number of nitrogens with zero attached hydrogens (tertiary/aromatic N) is 2. The van der Waals surface area contributed by atoms with Crippen molar-refractivity contribution in [2.24, 2.45) is 5.73 Å². The van der Waals surface area contributed by atoms with E-state index in [0.717, 1.165) is 28.6 Å². The monoisotopic (exact) mass is 332 g/mol. The Morgan fingerprint density at radius 1 is 1.57 bits per heavy atom. The van der Waals surface area contributed by atoms with Crippen LogP contribution >= 0.6 is 11.8 Å². The van der Waals surface area contributed by atoms with Crippen LogP contribution in [-0.4, -0.2) is 33.3 Å². The molecule has 0 saturated carbocycles. The zero-order valence-corrected chi connectivity index (χ0v) is 13.6. The van der Waals surface area contributed by atoms with Gasteiger partial charge < -0.3 is 20.7 Å². The summed E-state index contributed by atoms with van der Waals surface area (Å²) in [6.07, 6.45) is 4.23. The van der Waals surface area contributed by atoms with Crippen molar-refractivity contribution in [2.45, 2.75) is 30.6 Å². The molecule has 0 fully saturated rings. The summed E-state index contributed by atoms with van der Waals surface area (Å²) in [5.74, 6) is 1.50. The first-order chi connectivity index (χ1) is 11.2. The zero-order chi connectivity index (χ0) is 16.2. The molecule has 6 nitrogen and oxygen atoms in total. The van der Waals surface area contributed by atoms with Gasteiger partial charge in [0.1, 0.15) is 0 Å². The number of nitrogens with one attached hydrogen (secondary N) is 1. The van der Waals surface area contributed by atoms with Gasteiger partial charge in [0, 0.05) is 36.0 Å². The van der Waals surface area contributed by atoms with Gasteiger partial charge in [0.25, 0.3) is 5.91 Å². The second-order valence-electron chi connectivity index (χ2n) is 5.48. The summed E-state index contributed by atoms with van der Waals surface area (Å²) in [5.41, 5.74) is 9.61. The number of hydrogen-bond acceptors (Lipinski definition) is 5. The average Bonchev–Trinajstić information content (AvgIpc) is 3.15. The number of aliphatic hydroxyl groups is 1. The number of thioether (sulfide) groups is 1. The SMILES string of the molecule is NC(CCCO)NC(=O)c1cc(-c2cccnc2)n2c1CSC2. The topological polar surface area (TPSA) is 93.2 Å². The first kappa shape index (κ1) is 16.0. The van der Waals surface area contributed by atoms with Crippen molar-refractivity contribution < 1.29 is 9.90 Å². The van der Waals surface area contributed by atoms with E-state index in [-0.39, 0.29) is 12.5 Å². The van der Waals surface area contributed by atoms with Crippen LogP contribution in [0.4, 0.5) is 0 Å². The predicted octanol–water partition coefficient (Wildman–Crippen LogP) is 1.54. The fourth-order valence-electron chi connectivity index (χ4n) is 2.71. The molecule has 1 amide bonds. The normalized spacial score (nSPS) is 14.5. The molecule has 23 heavy (non-hydrogen) atoms. The quantitative estimate of drug-likeness (QED) is 0.698. The van der Waals surface area contributed by atoms with E-state index < -0.39 is 6.17 Å². The molecule has 3 heterocycles. The van der Waals surface area contributed by atoms with Crippen molar-refractivity contribution in [3.05, 3.63) is 41.9 Å². The minimum Gasteiger partial charge on any atom is -0.396 e. The van der Waals surface area contributed by atoms with E-state index in [1.165, 1.54) is 0 Å². The molecular weight excluding hydrogens is 312 g/mol. The van der Waals surface area contributed by atoms with Gasteiger partial charge in [0.15, 0.2) is 0 Å². The molecular formula is C16H20N4O2S. The highest BCUT2D eigenvalue weighted by molar-refractivity contribution is 7.97. The molecule has 122 valence electrons. The van der Waals surface area contributed by atoms with E-state index in [0.29, 0.717) is 18.4 Å². The number of pyridine rings is 1. The van der Waals surface area contributed by atoms with Gasteiger partial charge in [-0.1, -0.05) is 0 Å². The lowest BCUT2D eigenvalue weighted by atomic mass is 10.1. The fraction of sp³-hybridized carbons (Fsp3) is 0.375. The van der Waals surface area contributed by atoms with Crippen molar-refractivity contribution in [2.75, 3.05) is 6.61 Å². The van der Waals surface area contributed by atoms with Gasteiger partial charge >= 0.3 is 0 Å². The van der Waals surface area contributed by atoms with Crippen LogP contribution < -0.4 is 11.1 Å². The molecule has 7 heteroatoms. The second kappa shape index (κ2) is 7.16. The van der Waals surface area contributed by atoms with Crippen LogP contribution in [0.5, 0.6) is 0 Å². The Morgan fingerprint density at radius 3 is 3.17 bits per heavy atom. The van der Waals surface area contributed by atoms with Crippen LogP contribution in [0.2, 0.25) is 0 Å². The maximum absolute atomic E-state index is 12.5. The zero-order valence-electron chi connectivity index (χ0n) is 12.7. The number of rotatable bonds is 6. The van der Waals surface area contributed by atoms with Gasteiger partial charge in [-0.3, -0.25) is 9.78 Å². The molecule has 0 aromatic carbocycles. The van der Waals surface area contributed by atoms with Gasteiger partial charge in [-0.25, -0.2) is 0 Å². The van der Waals surface area contributed by atoms with Crippen molar-refractivity contribution in [3.8, 4) is 11.3 Å². The van der Waals surface area contributed by atoms with Crippen LogP contribution in [0.1, 0.15) is 28.9 Å².